The summed E-state index contributed by atoms with van der Waals surface area (Å²) < 4.78 is 35.2. The van der Waals surface area contributed by atoms with Crippen LogP contribution in [-0.2, 0) is 24.4 Å². The summed E-state index contributed by atoms with van der Waals surface area (Å²) in [7, 11) is -2.94. The molecule has 3 aromatic rings. The lowest BCUT2D eigenvalue weighted by Gasteiger charge is -2.26. The number of nitrogens with one attached hydrogen (secondary N) is 1. The van der Waals surface area contributed by atoms with Gasteiger partial charge in [-0.1, -0.05) is 17.7 Å². The van der Waals surface area contributed by atoms with E-state index in [-0.39, 0.29) is 31.9 Å². The second-order valence-corrected chi connectivity index (χ2v) is 10.5. The predicted molar refractivity (Wildman–Crippen MR) is 140 cm³/mol. The molecule has 4 amide bonds. The molecule has 38 heavy (non-hydrogen) atoms. The zero-order chi connectivity index (χ0) is 27.6. The lowest BCUT2D eigenvalue weighted by Crippen LogP contribution is -2.54. The summed E-state index contributed by atoms with van der Waals surface area (Å²) in [5.41, 5.74) is 0.312. The molecule has 0 aromatic heterocycles. The topological polar surface area (TPSA) is 136 Å². The molecule has 0 bridgehead atoms. The maximum atomic E-state index is 13.1. The van der Waals surface area contributed by atoms with Crippen molar-refractivity contribution >= 4 is 73.2 Å². The fraction of sp³-hybridized carbons (Fsp3) is 0.0400. The Hall–Kier alpha value is -4.00. The minimum atomic E-state index is -4.16. The molecule has 1 fully saturated rings. The smallest absolute Gasteiger partial charge is 0.339 e. The number of hydrogen-bond acceptors (Lipinski definition) is 8. The maximum absolute atomic E-state index is 13.1. The van der Waals surface area contributed by atoms with Crippen molar-refractivity contribution in [1.29, 1.82) is 0 Å². The van der Waals surface area contributed by atoms with Gasteiger partial charge in [-0.2, -0.15) is 8.42 Å². The molecule has 1 aliphatic rings. The molecule has 0 saturated carbocycles. The minimum Gasteiger partial charge on any atom is -0.465 e. The number of halogens is 2. The number of barbiturate groups is 1. The van der Waals surface area contributed by atoms with Crippen molar-refractivity contribution in [3.63, 3.8) is 0 Å². The number of esters is 1. The molecule has 13 heteroatoms. The summed E-state index contributed by atoms with van der Waals surface area (Å²) in [5.74, 6) is -2.44. The number of hydrogen-bond donors (Lipinski definition) is 1. The third-order valence-corrected chi connectivity index (χ3v) is 7.34. The highest BCUT2D eigenvalue weighted by Gasteiger charge is 2.37. The van der Waals surface area contributed by atoms with Crippen LogP contribution in [0.4, 0.5) is 10.5 Å². The number of methoxy groups -OCH3 is 1. The molecule has 1 aliphatic heterocycles. The highest BCUT2D eigenvalue weighted by molar-refractivity contribution is 9.10. The van der Waals surface area contributed by atoms with Crippen molar-refractivity contribution in [2.45, 2.75) is 4.90 Å². The van der Waals surface area contributed by atoms with E-state index in [1.165, 1.54) is 79.9 Å². The number of urea groups is 1. The van der Waals surface area contributed by atoms with Crippen molar-refractivity contribution < 1.29 is 36.5 Å². The number of benzene rings is 3. The average molecular weight is 620 g/mol. The fourth-order valence-corrected chi connectivity index (χ4v) is 5.02. The molecule has 1 saturated heterocycles. The van der Waals surface area contributed by atoms with Crippen LogP contribution in [0.15, 0.2) is 81.7 Å². The Balaban J connectivity index is 1.60. The summed E-state index contributed by atoms with van der Waals surface area (Å²) in [6.07, 6.45) is 1.24. The van der Waals surface area contributed by atoms with Gasteiger partial charge in [0.1, 0.15) is 10.5 Å². The second kappa shape index (κ2) is 10.8. The first-order valence-corrected chi connectivity index (χ1v) is 13.2. The molecule has 4 rings (SSSR count). The van der Waals surface area contributed by atoms with Crippen molar-refractivity contribution in [3.05, 3.63) is 92.9 Å². The molecule has 0 unspecified atom stereocenters. The third kappa shape index (κ3) is 5.62. The lowest BCUT2D eigenvalue weighted by atomic mass is 10.1. The van der Waals surface area contributed by atoms with E-state index < -0.39 is 33.9 Å². The zero-order valence-corrected chi connectivity index (χ0v) is 22.5. The summed E-state index contributed by atoms with van der Waals surface area (Å²) in [5, 5.41) is 2.46. The summed E-state index contributed by atoms with van der Waals surface area (Å²) in [6, 6.07) is 14.1. The molecule has 194 valence electrons. The van der Waals surface area contributed by atoms with Gasteiger partial charge >= 0.3 is 22.1 Å². The summed E-state index contributed by atoms with van der Waals surface area (Å²) in [6.45, 7) is 0. The molecule has 0 radical (unpaired) electrons. The maximum Gasteiger partial charge on any atom is 0.339 e. The van der Waals surface area contributed by atoms with E-state index >= 15 is 0 Å². The number of carbonyl (C=O) groups is 4. The van der Waals surface area contributed by atoms with E-state index in [0.29, 0.717) is 10.6 Å². The van der Waals surface area contributed by atoms with Crippen LogP contribution in [0.25, 0.3) is 6.08 Å². The van der Waals surface area contributed by atoms with Crippen molar-refractivity contribution in [3.8, 4) is 5.75 Å². The molecule has 10 nitrogen and oxygen atoms in total. The Kier molecular flexibility index (Phi) is 7.67. The van der Waals surface area contributed by atoms with Gasteiger partial charge in [0.15, 0.2) is 5.75 Å². The minimum absolute atomic E-state index is 0.0379. The van der Waals surface area contributed by atoms with Crippen LogP contribution < -0.4 is 14.4 Å². The number of nitrogens with zero attached hydrogens (tertiary/aromatic N) is 1. The number of anilines is 1. The first kappa shape index (κ1) is 27.0. The number of ether oxygens (including phenoxy) is 1. The van der Waals surface area contributed by atoms with E-state index in [9.17, 15) is 27.6 Å². The van der Waals surface area contributed by atoms with Crippen molar-refractivity contribution in [1.82, 2.24) is 5.32 Å². The highest BCUT2D eigenvalue weighted by Crippen LogP contribution is 2.31. The first-order valence-electron chi connectivity index (χ1n) is 10.6. The van der Waals surface area contributed by atoms with Gasteiger partial charge in [-0.15, -0.1) is 0 Å². The number of imide groups is 2. The normalized spacial score (nSPS) is 14.9. The van der Waals surface area contributed by atoms with Gasteiger partial charge in [-0.3, -0.25) is 14.9 Å². The summed E-state index contributed by atoms with van der Waals surface area (Å²) in [4.78, 5) is 50.3. The van der Waals surface area contributed by atoms with Crippen LogP contribution in [0.2, 0.25) is 5.02 Å². The second-order valence-electron chi connectivity index (χ2n) is 7.68. The van der Waals surface area contributed by atoms with Crippen molar-refractivity contribution in [2.24, 2.45) is 0 Å². The van der Waals surface area contributed by atoms with Crippen LogP contribution in [0.3, 0.4) is 0 Å². The number of carbonyl (C=O) groups excluding carboxylic acids is 4. The molecule has 1 N–H and O–H groups in total. The molecule has 3 aromatic carbocycles. The molecule has 0 spiro atoms. The van der Waals surface area contributed by atoms with E-state index in [2.05, 4.69) is 26.0 Å². The van der Waals surface area contributed by atoms with E-state index in [0.717, 1.165) is 4.90 Å². The fourth-order valence-electron chi connectivity index (χ4n) is 3.37. The Morgan fingerprint density at radius 2 is 1.66 bits per heavy atom. The van der Waals surface area contributed by atoms with Crippen LogP contribution >= 0.6 is 27.5 Å². The Bertz CT molecular complexity index is 1600. The van der Waals surface area contributed by atoms with Crippen LogP contribution in [-0.4, -0.2) is 39.3 Å². The first-order chi connectivity index (χ1) is 18.0. The SMILES string of the molecule is COC(=O)c1ccc(N2C(=O)NC(=O)/C(=C\c3ccc(OS(=O)(=O)c4ccc(Cl)cc4)c(Br)c3)C2=O)cc1. The monoisotopic (exact) mass is 618 g/mol. The number of rotatable bonds is 6. The van der Waals surface area contributed by atoms with Gasteiger partial charge in [-0.05, 0) is 88.2 Å². The largest absolute Gasteiger partial charge is 0.465 e. The predicted octanol–water partition coefficient (Wildman–Crippen LogP) is 4.32. The van der Waals surface area contributed by atoms with Gasteiger partial charge in [0.25, 0.3) is 11.8 Å². The van der Waals surface area contributed by atoms with E-state index in [1.54, 1.807) is 0 Å². The average Bonchev–Trinajstić information content (AvgIpc) is 2.88. The van der Waals surface area contributed by atoms with Gasteiger partial charge in [0, 0.05) is 5.02 Å². The quantitative estimate of drug-likeness (QED) is 0.186. The van der Waals surface area contributed by atoms with Crippen LogP contribution in [0.1, 0.15) is 15.9 Å². The molecular weight excluding hydrogens is 604 g/mol. The summed E-state index contributed by atoms with van der Waals surface area (Å²) >= 11 is 9.03. The van der Waals surface area contributed by atoms with Crippen LogP contribution in [0.5, 0.6) is 5.75 Å². The standard InChI is InChI=1S/C25H16BrClN2O8S/c1-36-24(32)15-3-7-17(8-4-15)29-23(31)19(22(30)28-25(29)33)12-14-2-11-21(20(26)13-14)37-38(34,35)18-9-5-16(27)6-10-18/h2-13H,1H3,(H,28,30,33)/b19-12+. The molecule has 1 heterocycles. The van der Waals surface area contributed by atoms with E-state index in [4.69, 9.17) is 15.8 Å². The molecular formula is C25H16BrClN2O8S. The van der Waals surface area contributed by atoms with Gasteiger partial charge in [-0.25, -0.2) is 14.5 Å². The lowest BCUT2D eigenvalue weighted by molar-refractivity contribution is -0.122. The van der Waals surface area contributed by atoms with Crippen molar-refractivity contribution in [2.75, 3.05) is 12.0 Å². The highest BCUT2D eigenvalue weighted by atomic mass is 79.9. The Morgan fingerprint density at radius 3 is 2.26 bits per heavy atom. The third-order valence-electron chi connectivity index (χ3n) is 5.22. The van der Waals surface area contributed by atoms with Crippen LogP contribution in [0, 0.1) is 0 Å². The molecule has 0 atom stereocenters. The van der Waals surface area contributed by atoms with Gasteiger partial charge < -0.3 is 8.92 Å². The van der Waals surface area contributed by atoms with E-state index in [1.807, 2.05) is 0 Å². The van der Waals surface area contributed by atoms with Gasteiger partial charge in [0.2, 0.25) is 0 Å². The van der Waals surface area contributed by atoms with Gasteiger partial charge in [0.05, 0.1) is 22.8 Å². The molecule has 0 aliphatic carbocycles. The number of amides is 4. The Labute approximate surface area is 230 Å². The Morgan fingerprint density at radius 1 is 1.00 bits per heavy atom. The zero-order valence-electron chi connectivity index (χ0n) is 19.3.